The van der Waals surface area contributed by atoms with Crippen LogP contribution in [-0.2, 0) is 0 Å². The maximum Gasteiger partial charge on any atom is 0.129 e. The number of benzene rings is 12. The van der Waals surface area contributed by atoms with Gasteiger partial charge in [-0.3, -0.25) is 0 Å². The van der Waals surface area contributed by atoms with Gasteiger partial charge in [-0.25, -0.2) is 0 Å². The molecular weight excluding hydrogens is 837 g/mol. The highest BCUT2D eigenvalue weighted by Crippen LogP contribution is 2.53. The van der Waals surface area contributed by atoms with Gasteiger partial charge >= 0.3 is 0 Å². The Hall–Kier alpha value is -7.88. The molecule has 0 heterocycles. The summed E-state index contributed by atoms with van der Waals surface area (Å²) >= 11 is 0. The van der Waals surface area contributed by atoms with E-state index >= 15 is 0 Å². The Kier molecular flexibility index (Phi) is 10.2. The monoisotopic (exact) mass is 890 g/mol. The van der Waals surface area contributed by atoms with Crippen molar-refractivity contribution in [3.63, 3.8) is 0 Å². The first-order valence-corrected chi connectivity index (χ1v) is 25.1. The summed E-state index contributed by atoms with van der Waals surface area (Å²) in [6.07, 6.45) is 6.93. The summed E-state index contributed by atoms with van der Waals surface area (Å²) in [4.78, 5) is 5.00. The quantitative estimate of drug-likeness (QED) is 0.127. The molecule has 1 aliphatic rings. The molecular formula is C66H54N2O. The molecule has 1 unspecified atom stereocenters. The highest BCUT2D eigenvalue weighted by Gasteiger charge is 2.28. The molecule has 69 heavy (non-hydrogen) atoms. The molecule has 0 bridgehead atoms. The van der Waals surface area contributed by atoms with Crippen molar-refractivity contribution >= 4 is 110 Å². The maximum atomic E-state index is 7.53. The minimum Gasteiger partial charge on any atom is -0.490 e. The number of anilines is 6. The first-order valence-electron chi connectivity index (χ1n) is 25.1. The fraction of sp³-hybridized carbons (Fsp3) is 0.152. The minimum absolute atomic E-state index is 0.135. The Morgan fingerprint density at radius 1 is 0.406 bits per heavy atom. The molecule has 1 atom stereocenters. The maximum absolute atomic E-state index is 7.53. The van der Waals surface area contributed by atoms with E-state index in [1.54, 1.807) is 0 Å². The summed E-state index contributed by atoms with van der Waals surface area (Å²) < 4.78 is 7.53. The van der Waals surface area contributed by atoms with Crippen molar-refractivity contribution in [2.24, 2.45) is 0 Å². The van der Waals surface area contributed by atoms with Gasteiger partial charge in [0.25, 0.3) is 0 Å². The van der Waals surface area contributed by atoms with E-state index in [9.17, 15) is 0 Å². The van der Waals surface area contributed by atoms with Crippen molar-refractivity contribution in [1.82, 2.24) is 0 Å². The summed E-state index contributed by atoms with van der Waals surface area (Å²) in [5, 5.41) is 17.2. The van der Waals surface area contributed by atoms with Gasteiger partial charge in [0.05, 0.1) is 17.5 Å². The van der Waals surface area contributed by atoms with E-state index in [2.05, 4.69) is 230 Å². The van der Waals surface area contributed by atoms with Crippen LogP contribution in [0, 0.1) is 0 Å². The zero-order chi connectivity index (χ0) is 46.0. The number of nitrogens with zero attached hydrogens (tertiary/aromatic N) is 2. The third kappa shape index (κ3) is 7.19. The van der Waals surface area contributed by atoms with Gasteiger partial charge in [-0.15, -0.1) is 0 Å². The molecule has 0 aliphatic heterocycles. The summed E-state index contributed by atoms with van der Waals surface area (Å²) in [5.74, 6) is 1.32. The van der Waals surface area contributed by atoms with Gasteiger partial charge < -0.3 is 14.5 Å². The van der Waals surface area contributed by atoms with Gasteiger partial charge in [-0.2, -0.15) is 0 Å². The van der Waals surface area contributed by atoms with Crippen LogP contribution in [0.4, 0.5) is 34.1 Å². The lowest BCUT2D eigenvalue weighted by Gasteiger charge is -2.32. The number of hydrogen-bond acceptors (Lipinski definition) is 3. The number of ether oxygens (including phenoxy) is 1. The van der Waals surface area contributed by atoms with Gasteiger partial charge in [0.2, 0.25) is 0 Å². The van der Waals surface area contributed by atoms with Crippen molar-refractivity contribution < 1.29 is 4.74 Å². The van der Waals surface area contributed by atoms with Crippen LogP contribution >= 0.6 is 0 Å². The van der Waals surface area contributed by atoms with Crippen LogP contribution in [0.3, 0.4) is 0 Å². The molecule has 0 N–H and O–H groups in total. The van der Waals surface area contributed by atoms with E-state index < -0.39 is 0 Å². The largest absolute Gasteiger partial charge is 0.490 e. The average Bonchev–Trinajstić information content (AvgIpc) is 3.41. The lowest BCUT2D eigenvalue weighted by molar-refractivity contribution is 0.157. The second-order valence-electron chi connectivity index (χ2n) is 19.4. The molecule has 1 aliphatic carbocycles. The van der Waals surface area contributed by atoms with Crippen molar-refractivity contribution in [1.29, 1.82) is 0 Å². The first kappa shape index (κ1) is 41.3. The first-order chi connectivity index (χ1) is 34.1. The molecule has 0 aromatic heterocycles. The Bertz CT molecular complexity index is 3740. The second-order valence-corrected chi connectivity index (χ2v) is 19.4. The van der Waals surface area contributed by atoms with Gasteiger partial charge in [0, 0.05) is 50.4 Å². The molecule has 1 fully saturated rings. The van der Waals surface area contributed by atoms with Crippen LogP contribution < -0.4 is 14.5 Å². The highest BCUT2D eigenvalue weighted by atomic mass is 16.5. The third-order valence-electron chi connectivity index (χ3n) is 15.3. The van der Waals surface area contributed by atoms with Gasteiger partial charge in [-0.1, -0.05) is 166 Å². The minimum atomic E-state index is 0.135. The van der Waals surface area contributed by atoms with Crippen LogP contribution in [0.25, 0.3) is 75.4 Å². The molecule has 3 nitrogen and oxygen atoms in total. The van der Waals surface area contributed by atoms with Crippen LogP contribution in [0.1, 0.15) is 63.9 Å². The molecule has 12 aromatic rings. The van der Waals surface area contributed by atoms with Crippen LogP contribution in [0.15, 0.2) is 206 Å². The fourth-order valence-corrected chi connectivity index (χ4v) is 11.5. The van der Waals surface area contributed by atoms with Crippen molar-refractivity contribution in [3.8, 4) is 5.75 Å². The highest BCUT2D eigenvalue weighted by molar-refractivity contribution is 6.31. The number of rotatable bonds is 10. The lowest BCUT2D eigenvalue weighted by atomic mass is 9.85. The van der Waals surface area contributed by atoms with Crippen molar-refractivity contribution in [3.05, 3.63) is 212 Å². The molecule has 0 spiro atoms. The Morgan fingerprint density at radius 3 is 1.25 bits per heavy atom. The van der Waals surface area contributed by atoms with E-state index in [4.69, 9.17) is 4.74 Å². The zero-order valence-electron chi connectivity index (χ0n) is 39.3. The van der Waals surface area contributed by atoms with Crippen LogP contribution in [0.2, 0.25) is 0 Å². The molecule has 13 rings (SSSR count). The summed E-state index contributed by atoms with van der Waals surface area (Å²) in [5.41, 5.74) is 8.11. The molecule has 0 amide bonds. The average molecular weight is 891 g/mol. The summed E-state index contributed by atoms with van der Waals surface area (Å²) in [6.45, 7) is 4.70. The van der Waals surface area contributed by atoms with Crippen LogP contribution in [0.5, 0.6) is 5.75 Å². The predicted octanol–water partition coefficient (Wildman–Crippen LogP) is 19.4. The van der Waals surface area contributed by atoms with Gasteiger partial charge in [-0.05, 0) is 152 Å². The van der Waals surface area contributed by atoms with Gasteiger partial charge in [0.1, 0.15) is 5.75 Å². The summed E-state index contributed by atoms with van der Waals surface area (Å²) in [7, 11) is 0. The van der Waals surface area contributed by atoms with E-state index in [1.807, 2.05) is 0 Å². The topological polar surface area (TPSA) is 15.7 Å². The number of fused-ring (bicyclic) bond motifs is 4. The van der Waals surface area contributed by atoms with E-state index in [-0.39, 0.29) is 6.10 Å². The normalized spacial score (nSPS) is 13.9. The Balaban J connectivity index is 1.15. The Labute approximate surface area is 404 Å². The zero-order valence-corrected chi connectivity index (χ0v) is 39.3. The number of hydrogen-bond donors (Lipinski definition) is 0. The van der Waals surface area contributed by atoms with Crippen molar-refractivity contribution in [2.75, 3.05) is 9.80 Å². The molecule has 3 heteroatoms. The van der Waals surface area contributed by atoms with E-state index in [0.29, 0.717) is 5.92 Å². The second kappa shape index (κ2) is 17.0. The predicted molar refractivity (Wildman–Crippen MR) is 296 cm³/mol. The molecule has 12 aromatic carbocycles. The molecule has 0 radical (unpaired) electrons. The van der Waals surface area contributed by atoms with E-state index in [1.165, 1.54) is 94.8 Å². The SMILES string of the molecule is CCC(C)c1ccc2c(N(c3ccc4ccccc4c3)c3ccc4ccccc4c3)cc3c(OC4CCCCC4)cc(N(c4ccc5ccccc5c4)c4ccc5ccccc5c4)c4ccc1c2c34. The van der Waals surface area contributed by atoms with Crippen LogP contribution in [-0.4, -0.2) is 6.10 Å². The third-order valence-corrected chi connectivity index (χ3v) is 15.3. The Morgan fingerprint density at radius 2 is 0.797 bits per heavy atom. The molecule has 1 saturated carbocycles. The van der Waals surface area contributed by atoms with Crippen molar-refractivity contribution in [2.45, 2.75) is 64.4 Å². The lowest BCUT2D eigenvalue weighted by Crippen LogP contribution is -2.20. The summed E-state index contributed by atoms with van der Waals surface area (Å²) in [6, 6.07) is 77.1. The standard InChI is InChI=1S/C66H54N2O/c1-3-43(2)57-33-35-59-62(67(52-29-25-44-15-7-11-19-48(44)37-52)53-30-26-45-16-8-12-20-49(45)38-53)41-61-64(69-56-23-5-4-6-24-56)42-63(60-36-34-58(57)65(59)66(60)61)68(54-31-27-46-17-9-13-21-50(46)39-54)55-32-28-47-18-10-14-22-51(47)40-55/h7-22,25-43,56H,3-6,23-24H2,1-2H3. The smallest absolute Gasteiger partial charge is 0.129 e. The molecule has 0 saturated heterocycles. The van der Waals surface area contributed by atoms with Gasteiger partial charge in [0.15, 0.2) is 0 Å². The molecule has 334 valence electrons. The van der Waals surface area contributed by atoms with E-state index in [0.717, 1.165) is 64.5 Å². The fourth-order valence-electron chi connectivity index (χ4n) is 11.5.